The summed E-state index contributed by atoms with van der Waals surface area (Å²) in [5.74, 6) is 1.90. The van der Waals surface area contributed by atoms with E-state index < -0.39 is 0 Å². The first-order valence-corrected chi connectivity index (χ1v) is 8.06. The Morgan fingerprint density at radius 1 is 1.00 bits per heavy atom. The van der Waals surface area contributed by atoms with Crippen molar-refractivity contribution in [2.45, 2.75) is 47.0 Å². The van der Waals surface area contributed by atoms with E-state index in [1.807, 2.05) is 12.1 Å². The highest BCUT2D eigenvalue weighted by atomic mass is 16.5. The van der Waals surface area contributed by atoms with Crippen molar-refractivity contribution >= 4 is 5.78 Å². The van der Waals surface area contributed by atoms with Gasteiger partial charge in [-0.1, -0.05) is 37.1 Å². The Hall–Kier alpha value is -1.57. The van der Waals surface area contributed by atoms with Crippen molar-refractivity contribution in [3.05, 3.63) is 41.0 Å². The van der Waals surface area contributed by atoms with Gasteiger partial charge in [0.15, 0.2) is 0 Å². The molecular weight excluding hydrogens is 272 g/mol. The molecule has 1 saturated carbocycles. The summed E-state index contributed by atoms with van der Waals surface area (Å²) >= 11 is 0. The maximum absolute atomic E-state index is 11.1. The van der Waals surface area contributed by atoms with Crippen LogP contribution in [0.15, 0.2) is 35.4 Å². The summed E-state index contributed by atoms with van der Waals surface area (Å²) in [7, 11) is 1.68. The lowest BCUT2D eigenvalue weighted by molar-refractivity contribution is -0.00111. The standard InChI is InChI=1S/C20H26O2/c1-12-13(2)18(4)17(21)19(5,20(18,6)14(12)3)15-8-10-16(22-7)11-9-15/h8-11,14H,1-7H3/p+1. The minimum absolute atomic E-state index is 0.00710. The van der Waals surface area contributed by atoms with Gasteiger partial charge in [-0.15, -0.1) is 0 Å². The molecule has 0 radical (unpaired) electrons. The maximum Gasteiger partial charge on any atom is 0.314 e. The number of ether oxygens (including phenoxy) is 1. The van der Waals surface area contributed by atoms with Crippen LogP contribution >= 0.6 is 0 Å². The fraction of sp³-hybridized carbons (Fsp3) is 0.550. The van der Waals surface area contributed by atoms with Gasteiger partial charge in [-0.05, 0) is 51.3 Å². The van der Waals surface area contributed by atoms with Gasteiger partial charge in [0.1, 0.15) is 16.6 Å². The highest BCUT2D eigenvalue weighted by Gasteiger charge is 2.83. The Kier molecular flexibility index (Phi) is 2.96. The predicted octanol–water partition coefficient (Wildman–Crippen LogP) is 4.51. The Balaban J connectivity index is 2.15. The van der Waals surface area contributed by atoms with Crippen molar-refractivity contribution in [3.63, 3.8) is 0 Å². The second kappa shape index (κ2) is 4.24. The van der Waals surface area contributed by atoms with Crippen LogP contribution in [0.2, 0.25) is 0 Å². The topological polar surface area (TPSA) is 30.6 Å². The lowest BCUT2D eigenvalue weighted by Crippen LogP contribution is -2.73. The Morgan fingerprint density at radius 2 is 1.55 bits per heavy atom. The molecule has 2 aliphatic carbocycles. The summed E-state index contributed by atoms with van der Waals surface area (Å²) < 4.78 is 5.27. The average Bonchev–Trinajstić information content (AvgIpc) is 2.67. The number of allylic oxidation sites excluding steroid dienone is 2. The number of benzene rings is 1. The van der Waals surface area contributed by atoms with Crippen LogP contribution in [0.3, 0.4) is 0 Å². The molecule has 4 unspecified atom stereocenters. The molecule has 4 atom stereocenters. The second-order valence-corrected chi connectivity index (χ2v) is 7.56. The normalized spacial score (nSPS) is 40.5. The van der Waals surface area contributed by atoms with Gasteiger partial charge >= 0.3 is 5.78 Å². The highest BCUT2D eigenvalue weighted by Crippen LogP contribution is 2.75. The first kappa shape index (κ1) is 15.3. The third-order valence-corrected chi connectivity index (χ3v) is 7.55. The van der Waals surface area contributed by atoms with Gasteiger partial charge in [-0.3, -0.25) is 4.79 Å². The molecule has 0 aromatic heterocycles. The average molecular weight is 299 g/mol. The van der Waals surface area contributed by atoms with Crippen LogP contribution in [0.25, 0.3) is 0 Å². The first-order valence-electron chi connectivity index (χ1n) is 8.06. The molecule has 0 aliphatic heterocycles. The first-order chi connectivity index (χ1) is 10.2. The number of fused-ring (bicyclic) bond motifs is 1. The number of rotatable bonds is 2. The van der Waals surface area contributed by atoms with Gasteiger partial charge in [0.05, 0.1) is 7.11 Å². The van der Waals surface area contributed by atoms with Crippen LogP contribution in [-0.2, 0) is 5.41 Å². The molecule has 0 spiro atoms. The lowest BCUT2D eigenvalue weighted by atomic mass is 9.34. The SMILES string of the molecule is COc1ccc(C2(C)C(=[OH+])C3(C)C(C)=C(C)C(C)C32C)cc1. The summed E-state index contributed by atoms with van der Waals surface area (Å²) in [5.41, 5.74) is 3.38. The van der Waals surface area contributed by atoms with Crippen molar-refractivity contribution in [3.8, 4) is 5.75 Å². The van der Waals surface area contributed by atoms with Crippen molar-refractivity contribution in [1.82, 2.24) is 0 Å². The molecule has 1 fully saturated rings. The Labute approximate surface area is 133 Å². The van der Waals surface area contributed by atoms with Gasteiger partial charge in [0, 0.05) is 5.41 Å². The smallest absolute Gasteiger partial charge is 0.314 e. The molecule has 3 rings (SSSR count). The lowest BCUT2D eigenvalue weighted by Gasteiger charge is -2.62. The summed E-state index contributed by atoms with van der Waals surface area (Å²) in [6.07, 6.45) is 0. The van der Waals surface area contributed by atoms with Crippen LogP contribution in [0.4, 0.5) is 0 Å². The van der Waals surface area contributed by atoms with Gasteiger partial charge in [0.2, 0.25) is 0 Å². The molecule has 1 aromatic rings. The Bertz CT molecular complexity index is 684. The molecule has 0 heterocycles. The van der Waals surface area contributed by atoms with E-state index in [1.54, 1.807) is 7.11 Å². The molecule has 0 saturated heterocycles. The number of ketones is 1. The molecule has 2 heteroatoms. The zero-order chi connectivity index (χ0) is 16.5. The number of hydrogen-bond donors (Lipinski definition) is 0. The van der Waals surface area contributed by atoms with Gasteiger partial charge in [0.25, 0.3) is 0 Å². The van der Waals surface area contributed by atoms with Gasteiger partial charge in [-0.2, -0.15) is 0 Å². The highest BCUT2D eigenvalue weighted by molar-refractivity contribution is 6.07. The van der Waals surface area contributed by atoms with Crippen molar-refractivity contribution < 1.29 is 9.53 Å². The molecular formula is C20H27O2+. The van der Waals surface area contributed by atoms with E-state index in [2.05, 4.69) is 53.7 Å². The third kappa shape index (κ3) is 1.27. The molecule has 118 valence electrons. The van der Waals surface area contributed by atoms with E-state index in [0.717, 1.165) is 5.75 Å². The zero-order valence-electron chi connectivity index (χ0n) is 14.7. The largest absolute Gasteiger partial charge is 0.497 e. The van der Waals surface area contributed by atoms with E-state index in [-0.39, 0.29) is 16.2 Å². The summed E-state index contributed by atoms with van der Waals surface area (Å²) in [6, 6.07) is 8.16. The number of carbonyl (C=O) groups excluding carboxylic acids is 1. The molecule has 0 amide bonds. The van der Waals surface area contributed by atoms with Crippen LogP contribution in [0, 0.1) is 16.7 Å². The Morgan fingerprint density at radius 3 is 2.05 bits per heavy atom. The molecule has 1 N–H and O–H groups in total. The van der Waals surface area contributed by atoms with Gasteiger partial charge in [-0.25, -0.2) is 0 Å². The van der Waals surface area contributed by atoms with E-state index >= 15 is 0 Å². The van der Waals surface area contributed by atoms with Crippen LogP contribution in [0.1, 0.15) is 47.1 Å². The molecule has 22 heavy (non-hydrogen) atoms. The zero-order valence-corrected chi connectivity index (χ0v) is 14.7. The number of hydrogen-bond acceptors (Lipinski definition) is 1. The molecule has 2 nitrogen and oxygen atoms in total. The molecule has 1 aromatic carbocycles. The van der Waals surface area contributed by atoms with E-state index in [1.165, 1.54) is 16.7 Å². The van der Waals surface area contributed by atoms with Crippen LogP contribution < -0.4 is 4.74 Å². The minimum atomic E-state index is -0.327. The summed E-state index contributed by atoms with van der Waals surface area (Å²) in [5, 5.41) is 0. The van der Waals surface area contributed by atoms with Crippen LogP contribution in [0.5, 0.6) is 5.75 Å². The van der Waals surface area contributed by atoms with E-state index in [0.29, 0.717) is 11.7 Å². The van der Waals surface area contributed by atoms with Crippen LogP contribution in [-0.4, -0.2) is 17.7 Å². The predicted molar refractivity (Wildman–Crippen MR) is 91.0 cm³/mol. The monoisotopic (exact) mass is 299 g/mol. The summed E-state index contributed by atoms with van der Waals surface area (Å²) in [4.78, 5) is 11.1. The van der Waals surface area contributed by atoms with Gasteiger partial charge < -0.3 is 4.74 Å². The number of methoxy groups -OCH3 is 1. The quantitative estimate of drug-likeness (QED) is 0.584. The fourth-order valence-corrected chi connectivity index (χ4v) is 5.38. The third-order valence-electron chi connectivity index (χ3n) is 7.55. The van der Waals surface area contributed by atoms with Crippen molar-refractivity contribution in [2.75, 3.05) is 7.11 Å². The van der Waals surface area contributed by atoms with E-state index in [4.69, 9.17) is 4.74 Å². The molecule has 2 aliphatic rings. The minimum Gasteiger partial charge on any atom is -0.497 e. The van der Waals surface area contributed by atoms with Crippen molar-refractivity contribution in [1.29, 1.82) is 0 Å². The molecule has 0 bridgehead atoms. The maximum atomic E-state index is 11.1. The van der Waals surface area contributed by atoms with E-state index in [9.17, 15) is 4.79 Å². The second-order valence-electron chi connectivity index (χ2n) is 7.56. The fourth-order valence-electron chi connectivity index (χ4n) is 5.38. The van der Waals surface area contributed by atoms with Crippen molar-refractivity contribution in [2.24, 2.45) is 16.7 Å². The summed E-state index contributed by atoms with van der Waals surface area (Å²) in [6.45, 7) is 13.4.